The monoisotopic (exact) mass is 900 g/mol. The number of para-hydroxylation sites is 4. The van der Waals surface area contributed by atoms with Crippen LogP contribution in [0.2, 0.25) is 0 Å². The van der Waals surface area contributed by atoms with Crippen LogP contribution in [0, 0.1) is 0 Å². The number of nitrogens with zero attached hydrogens (tertiary/aromatic N) is 2. The van der Waals surface area contributed by atoms with E-state index >= 15 is 0 Å². The first-order valence-corrected chi connectivity index (χ1v) is 24.7. The molecule has 0 atom stereocenters. The average Bonchev–Trinajstić information content (AvgIpc) is 4.06. The van der Waals surface area contributed by atoms with E-state index in [1.54, 1.807) is 0 Å². The van der Waals surface area contributed by atoms with E-state index in [0.29, 0.717) is 0 Å². The van der Waals surface area contributed by atoms with Crippen molar-refractivity contribution in [1.29, 1.82) is 0 Å². The summed E-state index contributed by atoms with van der Waals surface area (Å²) in [6, 6.07) is 99.8. The van der Waals surface area contributed by atoms with Gasteiger partial charge in [0, 0.05) is 32.9 Å². The number of benzene rings is 12. The summed E-state index contributed by atoms with van der Waals surface area (Å²) in [4.78, 5) is 0. The second-order valence-corrected chi connectivity index (χ2v) is 19.2. The average molecular weight is 901 g/mol. The van der Waals surface area contributed by atoms with Gasteiger partial charge in [-0.05, 0) is 162 Å². The first-order valence-electron chi connectivity index (χ1n) is 24.7. The molecule has 2 heterocycles. The lowest BCUT2D eigenvalue weighted by Gasteiger charge is -2.35. The zero-order chi connectivity index (χ0) is 46.6. The van der Waals surface area contributed by atoms with Gasteiger partial charge in [-0.25, -0.2) is 0 Å². The van der Waals surface area contributed by atoms with Crippen molar-refractivity contribution in [3.05, 3.63) is 289 Å². The Morgan fingerprint density at radius 1 is 0.239 bits per heavy atom. The van der Waals surface area contributed by atoms with Crippen LogP contribution in [0.1, 0.15) is 22.3 Å². The molecule has 0 radical (unpaired) electrons. The van der Waals surface area contributed by atoms with Crippen LogP contribution in [0.15, 0.2) is 267 Å². The Hall–Kier alpha value is -9.24. The molecule has 0 saturated heterocycles. The van der Waals surface area contributed by atoms with Crippen LogP contribution in [-0.2, 0) is 5.41 Å². The van der Waals surface area contributed by atoms with Gasteiger partial charge in [-0.3, -0.25) is 0 Å². The second kappa shape index (κ2) is 15.4. The summed E-state index contributed by atoms with van der Waals surface area (Å²) >= 11 is 0. The van der Waals surface area contributed by atoms with Crippen molar-refractivity contribution >= 4 is 65.2 Å². The van der Waals surface area contributed by atoms with E-state index in [1.165, 1.54) is 121 Å². The molecule has 0 amide bonds. The van der Waals surface area contributed by atoms with Gasteiger partial charge in [0.1, 0.15) is 0 Å². The zero-order valence-electron chi connectivity index (χ0n) is 38.8. The maximum atomic E-state index is 2.53. The molecule has 330 valence electrons. The predicted octanol–water partition coefficient (Wildman–Crippen LogP) is 17.9. The standard InChI is InChI=1S/C69H44N2/c1-3-19-55(20-4-1)70-65-25-13-11-23-59(65)61-43-53(33-37-67(61)70)69(54-34-38-68-62(44-54)60-24-12-14-26-66(60)71(68)56-21-5-2-6-22-56)63-41-51(49-29-27-45-15-7-9-17-47(45)39-49)31-35-57(63)58-36-32-52(42-64(58)69)50-30-28-46-16-8-10-18-48(46)40-50/h1-44H. The third-order valence-electron chi connectivity index (χ3n) is 15.5. The minimum Gasteiger partial charge on any atom is -0.309 e. The Bertz CT molecular complexity index is 4170. The molecule has 0 saturated carbocycles. The van der Waals surface area contributed by atoms with Gasteiger partial charge in [0.05, 0.1) is 27.5 Å². The van der Waals surface area contributed by atoms with Crippen LogP contribution in [-0.4, -0.2) is 9.13 Å². The molecule has 0 N–H and O–H groups in total. The van der Waals surface area contributed by atoms with Crippen LogP contribution in [0.25, 0.3) is 110 Å². The molecule has 14 aromatic rings. The zero-order valence-corrected chi connectivity index (χ0v) is 38.8. The van der Waals surface area contributed by atoms with Gasteiger partial charge in [-0.2, -0.15) is 0 Å². The minimum atomic E-state index is -0.737. The summed E-state index contributed by atoms with van der Waals surface area (Å²) in [5, 5.41) is 9.89. The molecular formula is C69H44N2. The Morgan fingerprint density at radius 3 is 1.07 bits per heavy atom. The second-order valence-electron chi connectivity index (χ2n) is 19.2. The quantitative estimate of drug-likeness (QED) is 0.157. The lowest BCUT2D eigenvalue weighted by Crippen LogP contribution is -2.28. The Labute approximate surface area is 411 Å². The van der Waals surface area contributed by atoms with Gasteiger partial charge in [0.15, 0.2) is 0 Å². The molecule has 2 nitrogen and oxygen atoms in total. The maximum absolute atomic E-state index is 2.53. The fourth-order valence-electron chi connectivity index (χ4n) is 12.3. The van der Waals surface area contributed by atoms with Crippen molar-refractivity contribution in [1.82, 2.24) is 9.13 Å². The van der Waals surface area contributed by atoms with Gasteiger partial charge in [0.2, 0.25) is 0 Å². The number of aromatic nitrogens is 2. The van der Waals surface area contributed by atoms with E-state index in [-0.39, 0.29) is 0 Å². The smallest absolute Gasteiger partial charge is 0.0714 e. The highest BCUT2D eigenvalue weighted by atomic mass is 15.0. The third kappa shape index (κ3) is 5.89. The summed E-state index contributed by atoms with van der Waals surface area (Å²) < 4.78 is 4.86. The fraction of sp³-hybridized carbons (Fsp3) is 0.0145. The van der Waals surface area contributed by atoms with Gasteiger partial charge >= 0.3 is 0 Å². The largest absolute Gasteiger partial charge is 0.309 e. The lowest BCUT2D eigenvalue weighted by molar-refractivity contribution is 0.772. The Balaban J connectivity index is 1.08. The molecule has 0 aliphatic heterocycles. The maximum Gasteiger partial charge on any atom is 0.0714 e. The summed E-state index contributed by atoms with van der Waals surface area (Å²) in [5.74, 6) is 0. The summed E-state index contributed by atoms with van der Waals surface area (Å²) in [6.07, 6.45) is 0. The normalized spacial score (nSPS) is 12.9. The van der Waals surface area contributed by atoms with Crippen LogP contribution in [0.3, 0.4) is 0 Å². The van der Waals surface area contributed by atoms with Crippen LogP contribution in [0.4, 0.5) is 0 Å². The highest BCUT2D eigenvalue weighted by Crippen LogP contribution is 2.59. The highest BCUT2D eigenvalue weighted by molar-refractivity contribution is 6.11. The highest BCUT2D eigenvalue weighted by Gasteiger charge is 2.47. The Morgan fingerprint density at radius 2 is 0.606 bits per heavy atom. The molecule has 0 spiro atoms. The molecule has 0 fully saturated rings. The molecule has 2 aromatic heterocycles. The Kier molecular flexibility index (Phi) is 8.61. The SMILES string of the molecule is c1ccc(-n2c3ccccc3c3cc(C4(c5ccc6c(c5)c5ccccc5n6-c5ccccc5)c5cc(-c6ccc7ccccc7c6)ccc5-c5ccc(-c6ccc7ccccc7c6)cc54)ccc32)cc1. The van der Waals surface area contributed by atoms with E-state index in [2.05, 4.69) is 276 Å². The van der Waals surface area contributed by atoms with Crippen LogP contribution in [0.5, 0.6) is 0 Å². The number of rotatable bonds is 6. The van der Waals surface area contributed by atoms with Crippen LogP contribution >= 0.6 is 0 Å². The van der Waals surface area contributed by atoms with Crippen molar-refractivity contribution < 1.29 is 0 Å². The molecule has 1 aliphatic carbocycles. The number of hydrogen-bond donors (Lipinski definition) is 0. The summed E-state index contributed by atoms with van der Waals surface area (Å²) in [7, 11) is 0. The van der Waals surface area contributed by atoms with Gasteiger partial charge in [0.25, 0.3) is 0 Å². The summed E-state index contributed by atoms with van der Waals surface area (Å²) in [6.45, 7) is 0. The van der Waals surface area contributed by atoms with Crippen molar-refractivity contribution in [2.75, 3.05) is 0 Å². The summed E-state index contributed by atoms with van der Waals surface area (Å²) in [5.41, 5.74) is 18.7. The lowest BCUT2D eigenvalue weighted by atomic mass is 9.66. The molecule has 15 rings (SSSR count). The molecule has 2 heteroatoms. The predicted molar refractivity (Wildman–Crippen MR) is 298 cm³/mol. The first kappa shape index (κ1) is 39.7. The first-order chi connectivity index (χ1) is 35.2. The third-order valence-corrected chi connectivity index (χ3v) is 15.5. The fourth-order valence-corrected chi connectivity index (χ4v) is 12.3. The molecule has 1 aliphatic rings. The van der Waals surface area contributed by atoms with Gasteiger partial charge in [-0.1, -0.05) is 182 Å². The van der Waals surface area contributed by atoms with E-state index in [4.69, 9.17) is 0 Å². The van der Waals surface area contributed by atoms with Crippen molar-refractivity contribution in [3.63, 3.8) is 0 Å². The van der Waals surface area contributed by atoms with Gasteiger partial charge in [-0.15, -0.1) is 0 Å². The number of hydrogen-bond acceptors (Lipinski definition) is 0. The van der Waals surface area contributed by atoms with Gasteiger partial charge < -0.3 is 9.13 Å². The van der Waals surface area contributed by atoms with Crippen molar-refractivity contribution in [2.45, 2.75) is 5.41 Å². The minimum absolute atomic E-state index is 0.737. The number of fused-ring (bicyclic) bond motifs is 11. The van der Waals surface area contributed by atoms with E-state index < -0.39 is 5.41 Å². The topological polar surface area (TPSA) is 9.86 Å². The van der Waals surface area contributed by atoms with Crippen molar-refractivity contribution in [3.8, 4) is 44.8 Å². The van der Waals surface area contributed by atoms with Crippen LogP contribution < -0.4 is 0 Å². The molecule has 71 heavy (non-hydrogen) atoms. The van der Waals surface area contributed by atoms with E-state index in [0.717, 1.165) is 11.4 Å². The van der Waals surface area contributed by atoms with Crippen molar-refractivity contribution in [2.24, 2.45) is 0 Å². The van der Waals surface area contributed by atoms with E-state index in [9.17, 15) is 0 Å². The molecule has 0 bridgehead atoms. The molecule has 12 aromatic carbocycles. The molecular weight excluding hydrogens is 857 g/mol. The molecule has 0 unspecified atom stereocenters. The van der Waals surface area contributed by atoms with E-state index in [1.807, 2.05) is 0 Å².